The molecule has 258 valence electrons. The number of morpholine rings is 1. The fourth-order valence-electron chi connectivity index (χ4n) is 6.93. The molecule has 0 unspecified atom stereocenters. The summed E-state index contributed by atoms with van der Waals surface area (Å²) in [7, 11) is -6.37. The Hall–Kier alpha value is -2.56. The number of hydrogen-bond acceptors (Lipinski definition) is 6. The van der Waals surface area contributed by atoms with E-state index in [9.17, 15) is 35.6 Å². The molecule has 2 N–H and O–H groups in total. The predicted molar refractivity (Wildman–Crippen MR) is 165 cm³/mol. The maximum absolute atomic E-state index is 15.2. The van der Waals surface area contributed by atoms with E-state index in [0.29, 0.717) is 26.3 Å². The number of nitrogens with zero attached hydrogens (tertiary/aromatic N) is 2. The third kappa shape index (κ3) is 6.34. The zero-order valence-corrected chi connectivity index (χ0v) is 27.9. The molecule has 0 bridgehead atoms. The summed E-state index contributed by atoms with van der Waals surface area (Å²) in [6.45, 7) is 6.99. The van der Waals surface area contributed by atoms with E-state index in [1.54, 1.807) is 20.8 Å². The van der Waals surface area contributed by atoms with Crippen LogP contribution in [0.1, 0.15) is 44.2 Å². The number of benzene rings is 2. The number of carbonyl (C=O) groups excluding carboxylic acids is 2. The molecule has 2 fully saturated rings. The number of halogens is 7. The molecular weight excluding hydrogens is 694 g/mol. The normalized spacial score (nSPS) is 25.7. The maximum atomic E-state index is 15.2. The summed E-state index contributed by atoms with van der Waals surface area (Å²) < 4.78 is 106. The fraction of sp³-hybridized carbons (Fsp3) is 0.533. The minimum atomic E-state index is -6.37. The molecule has 2 aromatic rings. The lowest BCUT2D eigenvalue weighted by Crippen LogP contribution is -2.56. The quantitative estimate of drug-likeness (QED) is 0.388. The lowest BCUT2D eigenvalue weighted by molar-refractivity contribution is -0.125. The second-order valence-corrected chi connectivity index (χ2v) is 15.7. The van der Waals surface area contributed by atoms with Crippen molar-refractivity contribution in [2.75, 3.05) is 44.7 Å². The first kappa shape index (κ1) is 35.7. The van der Waals surface area contributed by atoms with Crippen LogP contribution in [-0.2, 0) is 29.8 Å². The highest BCUT2D eigenvalue weighted by Gasteiger charge is 2.73. The van der Waals surface area contributed by atoms with E-state index in [4.69, 9.17) is 27.9 Å². The third-order valence-electron chi connectivity index (χ3n) is 8.82. The van der Waals surface area contributed by atoms with Crippen molar-refractivity contribution >= 4 is 50.7 Å². The zero-order valence-electron chi connectivity index (χ0n) is 25.6. The molecule has 0 aliphatic carbocycles. The molecule has 0 aromatic heterocycles. The zero-order chi connectivity index (χ0) is 34.7. The Labute approximate surface area is 278 Å². The van der Waals surface area contributed by atoms with E-state index in [1.807, 2.05) is 4.90 Å². The molecule has 3 aliphatic rings. The van der Waals surface area contributed by atoms with Crippen molar-refractivity contribution in [3.05, 3.63) is 63.1 Å². The number of amides is 2. The molecule has 3 heterocycles. The highest BCUT2D eigenvalue weighted by molar-refractivity contribution is 7.90. The van der Waals surface area contributed by atoms with Gasteiger partial charge in [0.15, 0.2) is 0 Å². The summed E-state index contributed by atoms with van der Waals surface area (Å²) >= 11 is 12.1. The van der Waals surface area contributed by atoms with Gasteiger partial charge < -0.3 is 15.4 Å². The van der Waals surface area contributed by atoms with Gasteiger partial charge in [-0.15, -0.1) is 0 Å². The van der Waals surface area contributed by atoms with Gasteiger partial charge in [-0.25, -0.2) is 17.2 Å². The first-order valence-electron chi connectivity index (χ1n) is 14.7. The number of rotatable bonds is 7. The average molecular weight is 728 g/mol. The highest BCUT2D eigenvalue weighted by atomic mass is 35.5. The molecule has 1 spiro atoms. The van der Waals surface area contributed by atoms with Gasteiger partial charge in [-0.3, -0.25) is 14.5 Å². The van der Waals surface area contributed by atoms with Crippen molar-refractivity contribution < 1.29 is 44.7 Å². The van der Waals surface area contributed by atoms with E-state index in [0.717, 1.165) is 30.3 Å². The molecule has 47 heavy (non-hydrogen) atoms. The van der Waals surface area contributed by atoms with Gasteiger partial charge in [0.2, 0.25) is 11.8 Å². The first-order valence-corrected chi connectivity index (χ1v) is 16.9. The fourth-order valence-corrected chi connectivity index (χ4v) is 8.61. The molecule has 4 atom stereocenters. The Morgan fingerprint density at radius 1 is 1.06 bits per heavy atom. The summed E-state index contributed by atoms with van der Waals surface area (Å²) in [5.41, 5.74) is -9.57. The summed E-state index contributed by atoms with van der Waals surface area (Å²) in [6.07, 6.45) is -0.387. The summed E-state index contributed by atoms with van der Waals surface area (Å²) in [6, 6.07) is 0.884. The number of alkyl halides is 3. The van der Waals surface area contributed by atoms with Crippen molar-refractivity contribution in [1.29, 1.82) is 0 Å². The van der Waals surface area contributed by atoms with Crippen molar-refractivity contribution in [2.24, 2.45) is 5.41 Å². The number of carbonyl (C=O) groups is 2. The average Bonchev–Trinajstić information content (AvgIpc) is 3.41. The monoisotopic (exact) mass is 726 g/mol. The minimum Gasteiger partial charge on any atom is -0.379 e. The Bertz CT molecular complexity index is 1680. The van der Waals surface area contributed by atoms with Gasteiger partial charge in [-0.2, -0.15) is 17.5 Å². The van der Waals surface area contributed by atoms with Crippen LogP contribution in [0.15, 0.2) is 30.3 Å². The van der Waals surface area contributed by atoms with Crippen LogP contribution in [-0.4, -0.2) is 86.4 Å². The van der Waals surface area contributed by atoms with Crippen LogP contribution >= 0.6 is 23.2 Å². The van der Waals surface area contributed by atoms with Gasteiger partial charge >= 0.3 is 15.5 Å². The third-order valence-corrected chi connectivity index (χ3v) is 11.0. The van der Waals surface area contributed by atoms with Gasteiger partial charge in [0.25, 0.3) is 0 Å². The molecule has 2 aromatic carbocycles. The second-order valence-electron chi connectivity index (χ2n) is 13.0. The molecule has 5 rings (SSSR count). The Balaban J connectivity index is 1.80. The number of nitrogens with one attached hydrogen (secondary N) is 2. The van der Waals surface area contributed by atoms with Gasteiger partial charge in [0, 0.05) is 43.8 Å². The standard InChI is InChI=1S/C30H33Cl2F5N4O5S/c1-28(2,3)15-23-29(17-13-21(34)19(32)14-22(17)39-27(29)43)24(16-4-5-20(33)18(31)12-16)25(41(23)47(44,45)30(35,36)37)26(42)38-6-7-40-8-10-46-11-9-40/h4-5,12-14,23-25H,6-11,15H2,1-3H3,(H,38,42)(H,39,43)/t23-,24+,25-,29+/m1/s1. The van der Waals surface area contributed by atoms with Crippen LogP contribution in [0.5, 0.6) is 0 Å². The van der Waals surface area contributed by atoms with E-state index in [-0.39, 0.29) is 40.6 Å². The first-order chi connectivity index (χ1) is 21.8. The predicted octanol–water partition coefficient (Wildman–Crippen LogP) is 5.03. The van der Waals surface area contributed by atoms with Crippen LogP contribution in [0.4, 0.5) is 27.6 Å². The molecular formula is C30H33Cl2F5N4O5S. The second kappa shape index (κ2) is 12.7. The molecule has 2 saturated heterocycles. The molecule has 0 radical (unpaired) electrons. The number of hydrogen-bond donors (Lipinski definition) is 2. The van der Waals surface area contributed by atoms with Crippen molar-refractivity contribution in [3.8, 4) is 0 Å². The number of anilines is 1. The highest BCUT2D eigenvalue weighted by Crippen LogP contribution is 2.61. The smallest absolute Gasteiger partial charge is 0.379 e. The summed E-state index contributed by atoms with van der Waals surface area (Å²) in [4.78, 5) is 30.6. The molecule has 2 amide bonds. The minimum absolute atomic E-state index is 0.0471. The Morgan fingerprint density at radius 2 is 1.70 bits per heavy atom. The lowest BCUT2D eigenvalue weighted by atomic mass is 9.62. The van der Waals surface area contributed by atoms with Gasteiger partial charge in [-0.05, 0) is 47.2 Å². The van der Waals surface area contributed by atoms with Crippen molar-refractivity contribution in [1.82, 2.24) is 14.5 Å². The van der Waals surface area contributed by atoms with Crippen LogP contribution in [0.25, 0.3) is 0 Å². The molecule has 9 nitrogen and oxygen atoms in total. The number of ether oxygens (including phenoxy) is 1. The van der Waals surface area contributed by atoms with Crippen LogP contribution in [0.2, 0.25) is 10.0 Å². The van der Waals surface area contributed by atoms with Crippen LogP contribution in [0.3, 0.4) is 0 Å². The van der Waals surface area contributed by atoms with E-state index in [1.165, 1.54) is 0 Å². The largest absolute Gasteiger partial charge is 0.511 e. The topological polar surface area (TPSA) is 108 Å². The van der Waals surface area contributed by atoms with E-state index in [2.05, 4.69) is 10.6 Å². The Morgan fingerprint density at radius 3 is 2.30 bits per heavy atom. The number of fused-ring (bicyclic) bond motifs is 2. The van der Waals surface area contributed by atoms with Gasteiger partial charge in [-0.1, -0.05) is 50.0 Å². The summed E-state index contributed by atoms with van der Waals surface area (Å²) in [5, 5.41) is 4.21. The van der Waals surface area contributed by atoms with Gasteiger partial charge in [0.1, 0.15) is 23.1 Å². The molecule has 0 saturated carbocycles. The van der Waals surface area contributed by atoms with E-state index >= 15 is 4.39 Å². The number of sulfonamides is 1. The SMILES string of the molecule is CC(C)(C)C[C@H]1N(S(=O)(=O)C(F)(F)F)[C@@H](C(=O)NCCN2CCOCC2)[C@H](c2ccc(F)c(Cl)c2)[C@@]12C(=O)Nc1cc(Cl)c(F)cc12. The lowest BCUT2D eigenvalue weighted by Gasteiger charge is -2.39. The van der Waals surface area contributed by atoms with Crippen molar-refractivity contribution in [3.63, 3.8) is 0 Å². The van der Waals surface area contributed by atoms with E-state index < -0.39 is 77.9 Å². The van der Waals surface area contributed by atoms with Crippen molar-refractivity contribution in [2.45, 2.75) is 56.1 Å². The van der Waals surface area contributed by atoms with Gasteiger partial charge in [0.05, 0.1) is 23.3 Å². The molecule has 17 heteroatoms. The van der Waals surface area contributed by atoms with Crippen LogP contribution in [0, 0.1) is 17.0 Å². The Kier molecular flexibility index (Phi) is 9.67. The summed E-state index contributed by atoms with van der Waals surface area (Å²) in [5.74, 6) is -5.80. The van der Waals surface area contributed by atoms with Crippen LogP contribution < -0.4 is 10.6 Å². The maximum Gasteiger partial charge on any atom is 0.511 e. The molecule has 3 aliphatic heterocycles.